The molecule has 0 radical (unpaired) electrons. The van der Waals surface area contributed by atoms with Crippen LogP contribution in [-0.4, -0.2) is 13.1 Å². The number of allylic oxidation sites excluding steroid dienone is 1. The molecular weight excluding hydrogens is 194 g/mol. The summed E-state index contributed by atoms with van der Waals surface area (Å²) in [5.74, 6) is 0. The Hall–Kier alpha value is -0.300. The first-order valence-electron chi connectivity index (χ1n) is 7.19. The third kappa shape index (κ3) is 3.35. The van der Waals surface area contributed by atoms with E-state index in [0.717, 1.165) is 6.54 Å². The molecule has 94 valence electrons. The minimum Gasteiger partial charge on any atom is -0.316 e. The van der Waals surface area contributed by atoms with Crippen LogP contribution in [0.3, 0.4) is 0 Å². The van der Waals surface area contributed by atoms with E-state index in [0.29, 0.717) is 5.41 Å². The van der Waals surface area contributed by atoms with Gasteiger partial charge in [0.05, 0.1) is 0 Å². The quantitative estimate of drug-likeness (QED) is 0.501. The summed E-state index contributed by atoms with van der Waals surface area (Å²) < 4.78 is 0. The topological polar surface area (TPSA) is 12.0 Å². The molecule has 0 amide bonds. The molecule has 16 heavy (non-hydrogen) atoms. The molecule has 0 aromatic rings. The van der Waals surface area contributed by atoms with Gasteiger partial charge in [-0.1, -0.05) is 32.4 Å². The van der Waals surface area contributed by atoms with E-state index < -0.39 is 0 Å². The van der Waals surface area contributed by atoms with Gasteiger partial charge in [0.2, 0.25) is 0 Å². The highest BCUT2D eigenvalue weighted by molar-refractivity contribution is 5.17. The third-order valence-electron chi connectivity index (χ3n) is 4.22. The van der Waals surface area contributed by atoms with Crippen LogP contribution in [0.2, 0.25) is 0 Å². The molecule has 1 rings (SSSR count). The fourth-order valence-electron chi connectivity index (χ4n) is 2.89. The smallest absolute Gasteiger partial charge is 0.00450 e. The highest BCUT2D eigenvalue weighted by atomic mass is 14.9. The summed E-state index contributed by atoms with van der Waals surface area (Å²) in [6.45, 7) is 9.29. The molecule has 0 fully saturated rings. The highest BCUT2D eigenvalue weighted by Crippen LogP contribution is 2.39. The van der Waals surface area contributed by atoms with Crippen LogP contribution in [-0.2, 0) is 0 Å². The van der Waals surface area contributed by atoms with Gasteiger partial charge < -0.3 is 5.32 Å². The summed E-state index contributed by atoms with van der Waals surface area (Å²) in [6.07, 6.45) is 11.8. The molecule has 0 aliphatic heterocycles. The summed E-state index contributed by atoms with van der Waals surface area (Å²) in [7, 11) is 0. The van der Waals surface area contributed by atoms with Crippen LogP contribution in [0.1, 0.15) is 65.7 Å². The average molecular weight is 223 g/mol. The number of nitrogens with one attached hydrogen (secondary N) is 1. The summed E-state index contributed by atoms with van der Waals surface area (Å²) in [6, 6.07) is 0. The van der Waals surface area contributed by atoms with Crippen molar-refractivity contribution in [1.82, 2.24) is 5.32 Å². The second-order valence-electron chi connectivity index (χ2n) is 5.14. The van der Waals surface area contributed by atoms with Gasteiger partial charge in [-0.15, -0.1) is 0 Å². The Bertz CT molecular complexity index is 213. The molecule has 0 saturated carbocycles. The van der Waals surface area contributed by atoms with Crippen molar-refractivity contribution >= 4 is 0 Å². The largest absolute Gasteiger partial charge is 0.316 e. The van der Waals surface area contributed by atoms with Crippen LogP contribution < -0.4 is 5.32 Å². The van der Waals surface area contributed by atoms with Crippen LogP contribution in [0.4, 0.5) is 0 Å². The zero-order valence-corrected chi connectivity index (χ0v) is 11.4. The lowest BCUT2D eigenvalue weighted by Crippen LogP contribution is -2.36. The number of hydrogen-bond donors (Lipinski definition) is 1. The summed E-state index contributed by atoms with van der Waals surface area (Å²) >= 11 is 0. The van der Waals surface area contributed by atoms with Gasteiger partial charge in [-0.25, -0.2) is 0 Å². The van der Waals surface area contributed by atoms with Crippen molar-refractivity contribution in [2.75, 3.05) is 13.1 Å². The highest BCUT2D eigenvalue weighted by Gasteiger charge is 2.30. The van der Waals surface area contributed by atoms with Crippen molar-refractivity contribution in [2.45, 2.75) is 65.7 Å². The molecule has 0 aromatic heterocycles. The van der Waals surface area contributed by atoms with E-state index >= 15 is 0 Å². The molecule has 0 saturated heterocycles. The molecule has 1 heteroatoms. The minimum absolute atomic E-state index is 0.454. The molecule has 0 heterocycles. The van der Waals surface area contributed by atoms with Crippen molar-refractivity contribution < 1.29 is 0 Å². The molecule has 0 bridgehead atoms. The average Bonchev–Trinajstić information content (AvgIpc) is 2.36. The van der Waals surface area contributed by atoms with Crippen LogP contribution in [0.15, 0.2) is 11.6 Å². The molecular formula is C15H29N. The van der Waals surface area contributed by atoms with Crippen molar-refractivity contribution in [1.29, 1.82) is 0 Å². The Balaban J connectivity index is 2.65. The molecule has 1 nitrogen and oxygen atoms in total. The Labute approximate surface area is 102 Å². The molecule has 0 aromatic carbocycles. The van der Waals surface area contributed by atoms with E-state index in [1.54, 1.807) is 5.57 Å². The first-order chi connectivity index (χ1) is 7.79. The summed E-state index contributed by atoms with van der Waals surface area (Å²) in [4.78, 5) is 0. The molecule has 1 aliphatic carbocycles. The first kappa shape index (κ1) is 13.8. The van der Waals surface area contributed by atoms with Gasteiger partial charge in [-0.3, -0.25) is 0 Å². The number of rotatable bonds is 7. The van der Waals surface area contributed by atoms with Crippen LogP contribution in [0.5, 0.6) is 0 Å². The first-order valence-corrected chi connectivity index (χ1v) is 7.19. The van der Waals surface area contributed by atoms with Gasteiger partial charge in [0.15, 0.2) is 0 Å². The van der Waals surface area contributed by atoms with Gasteiger partial charge in [-0.05, 0) is 51.5 Å². The number of hydrogen-bond acceptors (Lipinski definition) is 1. The fraction of sp³-hybridized carbons (Fsp3) is 0.867. The molecule has 0 unspecified atom stereocenters. The van der Waals surface area contributed by atoms with Crippen LogP contribution >= 0.6 is 0 Å². The van der Waals surface area contributed by atoms with E-state index in [-0.39, 0.29) is 0 Å². The van der Waals surface area contributed by atoms with Crippen LogP contribution in [0.25, 0.3) is 0 Å². The van der Waals surface area contributed by atoms with E-state index in [4.69, 9.17) is 0 Å². The maximum Gasteiger partial charge on any atom is 0.00450 e. The second kappa shape index (κ2) is 7.11. The normalized spacial score (nSPS) is 17.3. The van der Waals surface area contributed by atoms with Crippen molar-refractivity contribution in [3.63, 3.8) is 0 Å². The lowest BCUT2D eigenvalue weighted by Gasteiger charge is -2.36. The Morgan fingerprint density at radius 2 is 1.94 bits per heavy atom. The van der Waals surface area contributed by atoms with Gasteiger partial charge in [0.1, 0.15) is 0 Å². The van der Waals surface area contributed by atoms with Crippen molar-refractivity contribution in [3.05, 3.63) is 11.6 Å². The summed E-state index contributed by atoms with van der Waals surface area (Å²) in [5, 5.41) is 3.63. The Kier molecular flexibility index (Phi) is 6.12. The minimum atomic E-state index is 0.454. The standard InChI is InChI=1S/C15H29N/c1-4-12-16-13-15(5-2,6-3)14-10-8-7-9-11-14/h10,16H,4-9,11-13H2,1-3H3. The predicted molar refractivity (Wildman–Crippen MR) is 72.7 cm³/mol. The molecule has 0 atom stereocenters. The monoisotopic (exact) mass is 223 g/mol. The summed E-state index contributed by atoms with van der Waals surface area (Å²) in [5.41, 5.74) is 2.20. The van der Waals surface area contributed by atoms with Gasteiger partial charge in [-0.2, -0.15) is 0 Å². The fourth-order valence-corrected chi connectivity index (χ4v) is 2.89. The SMILES string of the molecule is CCCNCC(CC)(CC)C1=CCCCC1. The molecule has 1 N–H and O–H groups in total. The maximum absolute atomic E-state index is 3.63. The lowest BCUT2D eigenvalue weighted by atomic mass is 9.71. The lowest BCUT2D eigenvalue weighted by molar-refractivity contribution is 0.292. The molecule has 1 aliphatic rings. The third-order valence-corrected chi connectivity index (χ3v) is 4.22. The maximum atomic E-state index is 3.63. The van der Waals surface area contributed by atoms with E-state index in [9.17, 15) is 0 Å². The van der Waals surface area contributed by atoms with E-state index in [1.165, 1.54) is 51.5 Å². The van der Waals surface area contributed by atoms with Crippen molar-refractivity contribution in [3.8, 4) is 0 Å². The Morgan fingerprint density at radius 3 is 2.44 bits per heavy atom. The van der Waals surface area contributed by atoms with Gasteiger partial charge >= 0.3 is 0 Å². The zero-order chi connectivity index (χ0) is 11.9. The van der Waals surface area contributed by atoms with E-state index in [2.05, 4.69) is 32.2 Å². The van der Waals surface area contributed by atoms with Crippen LogP contribution in [0, 0.1) is 5.41 Å². The second-order valence-corrected chi connectivity index (χ2v) is 5.14. The zero-order valence-electron chi connectivity index (χ0n) is 11.4. The van der Waals surface area contributed by atoms with Gasteiger partial charge in [0.25, 0.3) is 0 Å². The Morgan fingerprint density at radius 1 is 1.19 bits per heavy atom. The van der Waals surface area contributed by atoms with E-state index in [1.807, 2.05) is 0 Å². The predicted octanol–water partition coefficient (Wildman–Crippen LogP) is 4.29. The molecule has 0 spiro atoms. The van der Waals surface area contributed by atoms with Gasteiger partial charge in [0, 0.05) is 12.0 Å². The van der Waals surface area contributed by atoms with Crippen molar-refractivity contribution in [2.24, 2.45) is 5.41 Å².